The third-order valence-corrected chi connectivity index (χ3v) is 4.52. The number of nitrogens with one attached hydrogen (secondary N) is 2. The first kappa shape index (κ1) is 23.8. The largest absolute Gasteiger partial charge is 0.357 e. The van der Waals surface area contributed by atoms with Crippen LogP contribution >= 0.6 is 24.0 Å². The van der Waals surface area contributed by atoms with Gasteiger partial charge in [0.2, 0.25) is 0 Å². The molecule has 5 nitrogen and oxygen atoms in total. The van der Waals surface area contributed by atoms with Crippen molar-refractivity contribution in [2.45, 2.75) is 33.0 Å². The van der Waals surface area contributed by atoms with Crippen molar-refractivity contribution in [1.82, 2.24) is 20.2 Å². The fourth-order valence-electron chi connectivity index (χ4n) is 2.96. The van der Waals surface area contributed by atoms with Gasteiger partial charge in [-0.05, 0) is 37.1 Å². The van der Waals surface area contributed by atoms with E-state index in [2.05, 4.69) is 37.3 Å². The number of halogens is 3. The molecule has 0 amide bonds. The third-order valence-electron chi connectivity index (χ3n) is 4.52. The lowest BCUT2D eigenvalue weighted by Gasteiger charge is -2.18. The fourth-order valence-corrected chi connectivity index (χ4v) is 2.96. The van der Waals surface area contributed by atoms with E-state index < -0.39 is 11.6 Å². The van der Waals surface area contributed by atoms with Gasteiger partial charge < -0.3 is 15.2 Å². The van der Waals surface area contributed by atoms with Crippen molar-refractivity contribution in [1.29, 1.82) is 0 Å². The Morgan fingerprint density at radius 1 is 1.13 bits per heavy atom. The molecule has 3 aromatic rings. The number of rotatable bonds is 7. The molecular weight excluding hydrogens is 499 g/mol. The Bertz CT molecular complexity index is 959. The van der Waals surface area contributed by atoms with E-state index in [-0.39, 0.29) is 30.0 Å². The topological polar surface area (TPSA) is 54.2 Å². The third kappa shape index (κ3) is 6.51. The Balaban J connectivity index is 0.00000320. The second-order valence-electron chi connectivity index (χ2n) is 6.69. The highest BCUT2D eigenvalue weighted by molar-refractivity contribution is 14.0. The first-order valence-electron chi connectivity index (χ1n) is 9.60. The van der Waals surface area contributed by atoms with Gasteiger partial charge in [0.05, 0.1) is 6.04 Å². The number of benzene rings is 2. The average molecular weight is 525 g/mol. The van der Waals surface area contributed by atoms with Gasteiger partial charge in [0, 0.05) is 25.5 Å². The van der Waals surface area contributed by atoms with Gasteiger partial charge in [-0.15, -0.1) is 24.0 Å². The summed E-state index contributed by atoms with van der Waals surface area (Å²) in [6, 6.07) is 13.8. The zero-order valence-corrected chi connectivity index (χ0v) is 19.3. The van der Waals surface area contributed by atoms with Crippen LogP contribution in [0.3, 0.4) is 0 Å². The molecular formula is C22H26F2IN5. The van der Waals surface area contributed by atoms with E-state index in [1.807, 2.05) is 38.2 Å². The van der Waals surface area contributed by atoms with Crippen LogP contribution in [0.2, 0.25) is 0 Å². The summed E-state index contributed by atoms with van der Waals surface area (Å²) in [7, 11) is 0. The van der Waals surface area contributed by atoms with Crippen LogP contribution in [0.25, 0.3) is 0 Å². The maximum Gasteiger partial charge on any atom is 0.192 e. The van der Waals surface area contributed by atoms with Crippen molar-refractivity contribution in [3.8, 4) is 0 Å². The van der Waals surface area contributed by atoms with E-state index in [9.17, 15) is 8.78 Å². The van der Waals surface area contributed by atoms with Crippen LogP contribution in [-0.2, 0) is 13.1 Å². The molecule has 0 saturated heterocycles. The van der Waals surface area contributed by atoms with Gasteiger partial charge in [0.15, 0.2) is 17.6 Å². The first-order valence-corrected chi connectivity index (χ1v) is 9.60. The second-order valence-corrected chi connectivity index (χ2v) is 6.69. The predicted molar refractivity (Wildman–Crippen MR) is 126 cm³/mol. The predicted octanol–water partition coefficient (Wildman–Crippen LogP) is 4.64. The highest BCUT2D eigenvalue weighted by atomic mass is 127. The molecule has 2 aromatic carbocycles. The number of aromatic nitrogens is 2. The van der Waals surface area contributed by atoms with Crippen molar-refractivity contribution < 1.29 is 8.78 Å². The van der Waals surface area contributed by atoms with Crippen LogP contribution in [0, 0.1) is 11.6 Å². The van der Waals surface area contributed by atoms with Gasteiger partial charge in [-0.1, -0.05) is 36.4 Å². The molecule has 0 spiro atoms. The fraction of sp³-hybridized carbons (Fsp3) is 0.273. The molecule has 1 aromatic heterocycles. The Labute approximate surface area is 192 Å². The molecule has 0 fully saturated rings. The smallest absolute Gasteiger partial charge is 0.192 e. The maximum absolute atomic E-state index is 13.5. The number of hydrogen-bond donors (Lipinski definition) is 2. The van der Waals surface area contributed by atoms with Crippen molar-refractivity contribution in [2.24, 2.45) is 4.99 Å². The van der Waals surface area contributed by atoms with Gasteiger partial charge in [0.1, 0.15) is 12.4 Å². The minimum absolute atomic E-state index is 0. The number of hydrogen-bond acceptors (Lipinski definition) is 2. The molecule has 1 heterocycles. The molecule has 8 heteroatoms. The SMILES string of the molecule is CCNC(=NCc1nccn1Cc1ccccc1)NC(C)c1ccc(F)c(F)c1.I. The Morgan fingerprint density at radius 3 is 2.60 bits per heavy atom. The second kappa shape index (κ2) is 11.6. The summed E-state index contributed by atoms with van der Waals surface area (Å²) in [5, 5.41) is 6.40. The lowest BCUT2D eigenvalue weighted by Crippen LogP contribution is -2.38. The highest BCUT2D eigenvalue weighted by Crippen LogP contribution is 2.16. The quantitative estimate of drug-likeness (QED) is 0.269. The molecule has 0 aliphatic carbocycles. The number of imidazole rings is 1. The summed E-state index contributed by atoms with van der Waals surface area (Å²) in [5.74, 6) is -0.293. The minimum Gasteiger partial charge on any atom is -0.357 e. The molecule has 0 bridgehead atoms. The van der Waals surface area contributed by atoms with Gasteiger partial charge >= 0.3 is 0 Å². The zero-order chi connectivity index (χ0) is 20.6. The van der Waals surface area contributed by atoms with Crippen LogP contribution in [-0.4, -0.2) is 22.1 Å². The normalized spacial score (nSPS) is 12.2. The molecule has 1 atom stereocenters. The Hall–Kier alpha value is -2.49. The first-order chi connectivity index (χ1) is 14.1. The number of nitrogens with zero attached hydrogens (tertiary/aromatic N) is 3. The van der Waals surface area contributed by atoms with E-state index in [1.54, 1.807) is 12.3 Å². The monoisotopic (exact) mass is 525 g/mol. The molecule has 0 saturated carbocycles. The highest BCUT2D eigenvalue weighted by Gasteiger charge is 2.11. The van der Waals surface area contributed by atoms with E-state index in [0.717, 1.165) is 18.4 Å². The summed E-state index contributed by atoms with van der Waals surface area (Å²) >= 11 is 0. The maximum atomic E-state index is 13.5. The van der Waals surface area contributed by atoms with Gasteiger partial charge in [-0.2, -0.15) is 0 Å². The molecule has 160 valence electrons. The van der Waals surface area contributed by atoms with Crippen molar-refractivity contribution in [3.63, 3.8) is 0 Å². The summed E-state index contributed by atoms with van der Waals surface area (Å²) in [6.07, 6.45) is 3.69. The molecule has 0 aliphatic rings. The van der Waals surface area contributed by atoms with Crippen LogP contribution < -0.4 is 10.6 Å². The molecule has 3 rings (SSSR count). The van der Waals surface area contributed by atoms with Crippen LogP contribution in [0.1, 0.15) is 36.8 Å². The molecule has 2 N–H and O–H groups in total. The minimum atomic E-state index is -0.860. The Morgan fingerprint density at radius 2 is 1.90 bits per heavy atom. The molecule has 30 heavy (non-hydrogen) atoms. The molecule has 0 radical (unpaired) electrons. The number of aliphatic imine (C=N–C) groups is 1. The zero-order valence-electron chi connectivity index (χ0n) is 17.0. The molecule has 1 unspecified atom stereocenters. The van der Waals surface area contributed by atoms with Gasteiger partial charge in [0.25, 0.3) is 0 Å². The van der Waals surface area contributed by atoms with Crippen LogP contribution in [0.5, 0.6) is 0 Å². The lowest BCUT2D eigenvalue weighted by atomic mass is 10.1. The van der Waals surface area contributed by atoms with Crippen molar-refractivity contribution >= 4 is 29.9 Å². The lowest BCUT2D eigenvalue weighted by molar-refractivity contribution is 0.504. The van der Waals surface area contributed by atoms with E-state index >= 15 is 0 Å². The van der Waals surface area contributed by atoms with Crippen molar-refractivity contribution in [2.75, 3.05) is 6.54 Å². The summed E-state index contributed by atoms with van der Waals surface area (Å²) in [6.45, 7) is 5.63. The summed E-state index contributed by atoms with van der Waals surface area (Å²) < 4.78 is 28.8. The van der Waals surface area contributed by atoms with Crippen LogP contribution in [0.15, 0.2) is 65.9 Å². The molecule has 0 aliphatic heterocycles. The van der Waals surface area contributed by atoms with Gasteiger partial charge in [-0.3, -0.25) is 0 Å². The standard InChI is InChI=1S/C22H25F2N5.HI/c1-3-25-22(28-16(2)18-9-10-19(23)20(24)13-18)27-14-21-26-11-12-29(21)15-17-7-5-4-6-8-17;/h4-13,16H,3,14-15H2,1-2H3,(H2,25,27,28);1H. The summed E-state index contributed by atoms with van der Waals surface area (Å²) in [4.78, 5) is 9.02. The van der Waals surface area contributed by atoms with Gasteiger partial charge in [-0.25, -0.2) is 18.8 Å². The van der Waals surface area contributed by atoms with Crippen molar-refractivity contribution in [3.05, 3.63) is 89.5 Å². The van der Waals surface area contributed by atoms with E-state index in [1.165, 1.54) is 11.6 Å². The Kier molecular flexibility index (Phi) is 9.22. The van der Waals surface area contributed by atoms with E-state index in [0.29, 0.717) is 24.6 Å². The van der Waals surface area contributed by atoms with E-state index in [4.69, 9.17) is 0 Å². The van der Waals surface area contributed by atoms with Crippen LogP contribution in [0.4, 0.5) is 8.78 Å². The summed E-state index contributed by atoms with van der Waals surface area (Å²) in [5.41, 5.74) is 1.83. The average Bonchev–Trinajstić information content (AvgIpc) is 3.16. The number of guanidine groups is 1.